The van der Waals surface area contributed by atoms with Gasteiger partial charge in [-0.15, -0.1) is 5.10 Å². The molecular formula is C15H23N7O. The first-order chi connectivity index (χ1) is 11.2. The van der Waals surface area contributed by atoms with Crippen LogP contribution in [0.1, 0.15) is 19.3 Å². The first-order valence-corrected chi connectivity index (χ1v) is 8.32. The third-order valence-corrected chi connectivity index (χ3v) is 4.99. The summed E-state index contributed by atoms with van der Waals surface area (Å²) < 4.78 is 1.51. The molecule has 0 aromatic carbocycles. The lowest BCUT2D eigenvalue weighted by Gasteiger charge is -2.31. The zero-order valence-electron chi connectivity index (χ0n) is 13.4. The average molecular weight is 317 g/mol. The maximum Gasteiger partial charge on any atom is 0.347 e. The van der Waals surface area contributed by atoms with Gasteiger partial charge in [-0.05, 0) is 39.4 Å². The molecule has 0 aliphatic carbocycles. The fourth-order valence-electron chi connectivity index (χ4n) is 3.65. The summed E-state index contributed by atoms with van der Waals surface area (Å²) in [5.74, 6) is 0.790. The van der Waals surface area contributed by atoms with Crippen LogP contribution in [0.3, 0.4) is 0 Å². The first-order valence-electron chi connectivity index (χ1n) is 8.32. The number of aromatic amines is 1. The Kier molecular flexibility index (Phi) is 3.78. The average Bonchev–Trinajstić information content (AvgIpc) is 3.17. The fourth-order valence-corrected chi connectivity index (χ4v) is 3.65. The van der Waals surface area contributed by atoms with Gasteiger partial charge in [0.05, 0.1) is 0 Å². The number of piperidine rings is 1. The quantitative estimate of drug-likeness (QED) is 0.807. The molecule has 2 aromatic heterocycles. The largest absolute Gasteiger partial charge is 0.352 e. The van der Waals surface area contributed by atoms with Crippen molar-refractivity contribution < 1.29 is 0 Å². The second-order valence-electron chi connectivity index (χ2n) is 6.65. The van der Waals surface area contributed by atoms with Crippen LogP contribution >= 0.6 is 0 Å². The van der Waals surface area contributed by atoms with Gasteiger partial charge in [0.1, 0.15) is 0 Å². The van der Waals surface area contributed by atoms with Gasteiger partial charge in [0.2, 0.25) is 5.65 Å². The first kappa shape index (κ1) is 14.6. The topological polar surface area (TPSA) is 81.6 Å². The third kappa shape index (κ3) is 2.84. The summed E-state index contributed by atoms with van der Waals surface area (Å²) >= 11 is 0. The van der Waals surface area contributed by atoms with Crippen molar-refractivity contribution in [3.63, 3.8) is 0 Å². The standard InChI is InChI=1S/C15H23N7O/c1-20-6-2-11(3-7-20)17-12-4-8-21(10-12)13-14-18-19-15(23)22(14)9-5-16-13/h5,9,11-12,17H,2-4,6-8,10H2,1H3,(H,19,23). The van der Waals surface area contributed by atoms with Crippen LogP contribution in [0, 0.1) is 0 Å². The van der Waals surface area contributed by atoms with Gasteiger partial charge >= 0.3 is 5.69 Å². The molecule has 4 rings (SSSR count). The van der Waals surface area contributed by atoms with Crippen molar-refractivity contribution in [1.29, 1.82) is 0 Å². The van der Waals surface area contributed by atoms with Gasteiger partial charge in [-0.25, -0.2) is 19.3 Å². The second-order valence-corrected chi connectivity index (χ2v) is 6.65. The molecule has 0 spiro atoms. The van der Waals surface area contributed by atoms with Crippen molar-refractivity contribution in [2.24, 2.45) is 0 Å². The number of fused-ring (bicyclic) bond motifs is 1. The number of nitrogens with one attached hydrogen (secondary N) is 2. The van der Waals surface area contributed by atoms with Gasteiger partial charge < -0.3 is 15.1 Å². The third-order valence-electron chi connectivity index (χ3n) is 4.99. The van der Waals surface area contributed by atoms with E-state index in [9.17, 15) is 4.79 Å². The monoisotopic (exact) mass is 317 g/mol. The minimum absolute atomic E-state index is 0.219. The van der Waals surface area contributed by atoms with E-state index in [0.29, 0.717) is 17.7 Å². The molecule has 2 aromatic rings. The zero-order chi connectivity index (χ0) is 15.8. The molecule has 2 fully saturated rings. The lowest BCUT2D eigenvalue weighted by Crippen LogP contribution is -2.46. The lowest BCUT2D eigenvalue weighted by atomic mass is 10.0. The smallest absolute Gasteiger partial charge is 0.347 e. The summed E-state index contributed by atoms with van der Waals surface area (Å²) in [6.45, 7) is 4.20. The lowest BCUT2D eigenvalue weighted by molar-refractivity contribution is 0.226. The highest BCUT2D eigenvalue weighted by Gasteiger charge is 2.28. The van der Waals surface area contributed by atoms with Crippen LogP contribution in [0.15, 0.2) is 17.2 Å². The maximum atomic E-state index is 11.7. The van der Waals surface area contributed by atoms with Crippen LogP contribution in [-0.4, -0.2) is 69.8 Å². The van der Waals surface area contributed by atoms with Gasteiger partial charge in [0.25, 0.3) is 0 Å². The zero-order valence-corrected chi connectivity index (χ0v) is 13.4. The molecule has 2 saturated heterocycles. The molecule has 2 aliphatic rings. The van der Waals surface area contributed by atoms with Crippen LogP contribution in [0.2, 0.25) is 0 Å². The second kappa shape index (κ2) is 5.93. The molecule has 0 saturated carbocycles. The van der Waals surface area contributed by atoms with Crippen molar-refractivity contribution in [3.8, 4) is 0 Å². The minimum Gasteiger partial charge on any atom is -0.352 e. The predicted molar refractivity (Wildman–Crippen MR) is 87.9 cm³/mol. The molecule has 0 bridgehead atoms. The van der Waals surface area contributed by atoms with Crippen LogP contribution in [0.4, 0.5) is 5.82 Å². The Labute approximate surface area is 134 Å². The highest BCUT2D eigenvalue weighted by molar-refractivity contribution is 5.63. The normalized spacial score (nSPS) is 23.9. The van der Waals surface area contributed by atoms with Gasteiger partial charge in [0.15, 0.2) is 5.82 Å². The Bertz CT molecular complexity index is 731. The summed E-state index contributed by atoms with van der Waals surface area (Å²) in [5.41, 5.74) is 0.390. The predicted octanol–water partition coefficient (Wildman–Crippen LogP) is -0.320. The van der Waals surface area contributed by atoms with Gasteiger partial charge in [-0.1, -0.05) is 0 Å². The van der Waals surface area contributed by atoms with E-state index in [2.05, 4.69) is 37.3 Å². The summed E-state index contributed by atoms with van der Waals surface area (Å²) in [4.78, 5) is 20.7. The number of nitrogens with zero attached hydrogens (tertiary/aromatic N) is 5. The summed E-state index contributed by atoms with van der Waals surface area (Å²) in [5, 5.41) is 10.4. The number of H-pyrrole nitrogens is 1. The molecule has 23 heavy (non-hydrogen) atoms. The Balaban J connectivity index is 1.44. The number of hydrogen-bond donors (Lipinski definition) is 2. The molecule has 1 unspecified atom stereocenters. The minimum atomic E-state index is -0.219. The van der Waals surface area contributed by atoms with E-state index in [1.54, 1.807) is 12.4 Å². The van der Waals surface area contributed by atoms with Crippen LogP contribution in [-0.2, 0) is 0 Å². The Morgan fingerprint density at radius 3 is 2.83 bits per heavy atom. The van der Waals surface area contributed by atoms with Crippen molar-refractivity contribution in [3.05, 3.63) is 22.9 Å². The Morgan fingerprint density at radius 1 is 1.22 bits per heavy atom. The number of rotatable bonds is 3. The number of hydrogen-bond acceptors (Lipinski definition) is 6. The molecular weight excluding hydrogens is 294 g/mol. The SMILES string of the molecule is CN1CCC(NC2CCN(c3nccn4c(=O)[nH]nc34)C2)CC1. The number of anilines is 1. The molecule has 4 heterocycles. The summed E-state index contributed by atoms with van der Waals surface area (Å²) in [6, 6.07) is 1.10. The summed E-state index contributed by atoms with van der Waals surface area (Å²) in [6.07, 6.45) is 6.85. The van der Waals surface area contributed by atoms with Gasteiger partial charge in [-0.2, -0.15) is 0 Å². The van der Waals surface area contributed by atoms with E-state index >= 15 is 0 Å². The van der Waals surface area contributed by atoms with E-state index in [1.165, 1.54) is 30.3 Å². The van der Waals surface area contributed by atoms with Gasteiger partial charge in [-0.3, -0.25) is 0 Å². The Hall–Kier alpha value is -1.93. The van der Waals surface area contributed by atoms with E-state index in [1.807, 2.05) is 0 Å². The van der Waals surface area contributed by atoms with E-state index in [4.69, 9.17) is 0 Å². The fraction of sp³-hybridized carbons (Fsp3) is 0.667. The van der Waals surface area contributed by atoms with Gasteiger partial charge in [0, 0.05) is 37.6 Å². The number of likely N-dealkylation sites (tertiary alicyclic amines) is 1. The Morgan fingerprint density at radius 2 is 2.00 bits per heavy atom. The molecule has 124 valence electrons. The molecule has 8 heteroatoms. The van der Waals surface area contributed by atoms with Crippen LogP contribution in [0.5, 0.6) is 0 Å². The van der Waals surface area contributed by atoms with Crippen molar-refractivity contribution in [2.75, 3.05) is 38.1 Å². The molecule has 0 radical (unpaired) electrons. The molecule has 2 N–H and O–H groups in total. The van der Waals surface area contributed by atoms with Crippen molar-refractivity contribution in [1.82, 2.24) is 29.8 Å². The van der Waals surface area contributed by atoms with E-state index in [0.717, 1.165) is 25.3 Å². The van der Waals surface area contributed by atoms with Crippen LogP contribution < -0.4 is 15.9 Å². The molecule has 0 amide bonds. The van der Waals surface area contributed by atoms with E-state index in [-0.39, 0.29) is 5.69 Å². The van der Waals surface area contributed by atoms with Crippen molar-refractivity contribution >= 4 is 11.5 Å². The van der Waals surface area contributed by atoms with Crippen LogP contribution in [0.25, 0.3) is 5.65 Å². The summed E-state index contributed by atoms with van der Waals surface area (Å²) in [7, 11) is 2.19. The highest BCUT2D eigenvalue weighted by Crippen LogP contribution is 2.22. The number of aromatic nitrogens is 4. The van der Waals surface area contributed by atoms with E-state index < -0.39 is 0 Å². The highest BCUT2D eigenvalue weighted by atomic mass is 16.1. The molecule has 1 atom stereocenters. The molecule has 8 nitrogen and oxygen atoms in total. The maximum absolute atomic E-state index is 11.7. The van der Waals surface area contributed by atoms with Crippen molar-refractivity contribution in [2.45, 2.75) is 31.3 Å². The molecule has 2 aliphatic heterocycles.